The molecule has 0 bridgehead atoms. The molecule has 0 unspecified atom stereocenters. The molecule has 7 heteroatoms. The molecule has 134 valence electrons. The average molecular weight is 376 g/mol. The summed E-state index contributed by atoms with van der Waals surface area (Å²) in [4.78, 5) is 17.5. The minimum absolute atomic E-state index is 0.195. The molecule has 0 aliphatic rings. The molecule has 4 rings (SSSR count). The average Bonchev–Trinajstić information content (AvgIpc) is 3.08. The molecule has 0 fully saturated rings. The number of rotatable bonds is 4. The second kappa shape index (κ2) is 6.77. The van der Waals surface area contributed by atoms with Crippen LogP contribution < -0.4 is 5.73 Å². The van der Waals surface area contributed by atoms with Crippen LogP contribution in [0.3, 0.4) is 0 Å². The summed E-state index contributed by atoms with van der Waals surface area (Å²) in [5, 5.41) is 17.3. The maximum absolute atomic E-state index is 11.6. The Hall–Kier alpha value is -3.32. The first kappa shape index (κ1) is 17.1. The van der Waals surface area contributed by atoms with Gasteiger partial charge in [0.25, 0.3) is 0 Å². The molecule has 0 atom stereocenters. The van der Waals surface area contributed by atoms with E-state index in [1.54, 1.807) is 42.1 Å². The van der Waals surface area contributed by atoms with Crippen molar-refractivity contribution in [1.82, 2.24) is 15.2 Å². The number of H-pyrrole nitrogens is 1. The van der Waals surface area contributed by atoms with E-state index in [2.05, 4.69) is 10.2 Å². The van der Waals surface area contributed by atoms with Crippen LogP contribution in [-0.2, 0) is 0 Å². The van der Waals surface area contributed by atoms with E-state index in [9.17, 15) is 9.90 Å². The smallest absolute Gasteiger partial charge is 0.336 e. The normalized spacial score (nSPS) is 11.0. The van der Waals surface area contributed by atoms with Gasteiger partial charge in [0.1, 0.15) is 0 Å². The lowest BCUT2D eigenvalue weighted by atomic mass is 10.0. The van der Waals surface area contributed by atoms with E-state index in [1.807, 2.05) is 30.5 Å². The molecule has 0 radical (unpaired) electrons. The zero-order valence-corrected chi connectivity index (χ0v) is 15.2. The first-order chi connectivity index (χ1) is 13.1. The Morgan fingerprint density at radius 3 is 2.59 bits per heavy atom. The molecule has 27 heavy (non-hydrogen) atoms. The van der Waals surface area contributed by atoms with Gasteiger partial charge in [0.15, 0.2) is 5.82 Å². The van der Waals surface area contributed by atoms with Crippen LogP contribution in [0.5, 0.6) is 0 Å². The predicted molar refractivity (Wildman–Crippen MR) is 108 cm³/mol. The van der Waals surface area contributed by atoms with Crippen molar-refractivity contribution >= 4 is 34.5 Å². The van der Waals surface area contributed by atoms with E-state index in [1.165, 1.54) is 0 Å². The van der Waals surface area contributed by atoms with Crippen molar-refractivity contribution in [2.75, 3.05) is 12.0 Å². The zero-order valence-electron chi connectivity index (χ0n) is 14.4. The van der Waals surface area contributed by atoms with Gasteiger partial charge < -0.3 is 10.8 Å². The number of hydrogen-bond acceptors (Lipinski definition) is 5. The maximum Gasteiger partial charge on any atom is 0.336 e. The largest absolute Gasteiger partial charge is 0.478 e. The Balaban J connectivity index is 1.98. The zero-order chi connectivity index (χ0) is 19.0. The van der Waals surface area contributed by atoms with E-state index < -0.39 is 5.97 Å². The molecular formula is C20H16N4O2S. The summed E-state index contributed by atoms with van der Waals surface area (Å²) in [7, 11) is 0. The van der Waals surface area contributed by atoms with Crippen LogP contribution in [0.4, 0.5) is 5.82 Å². The van der Waals surface area contributed by atoms with Gasteiger partial charge in [-0.2, -0.15) is 5.10 Å². The lowest BCUT2D eigenvalue weighted by Crippen LogP contribution is -2.01. The topological polar surface area (TPSA) is 105 Å². The maximum atomic E-state index is 11.6. The van der Waals surface area contributed by atoms with Crippen LogP contribution in [-0.4, -0.2) is 32.5 Å². The number of anilines is 1. The van der Waals surface area contributed by atoms with Crippen LogP contribution in [0.2, 0.25) is 0 Å². The molecule has 2 heterocycles. The molecule has 2 aromatic heterocycles. The van der Waals surface area contributed by atoms with Gasteiger partial charge in [0, 0.05) is 16.0 Å². The third-order valence-corrected chi connectivity index (χ3v) is 5.11. The van der Waals surface area contributed by atoms with Gasteiger partial charge in [-0.1, -0.05) is 30.3 Å². The van der Waals surface area contributed by atoms with Crippen molar-refractivity contribution < 1.29 is 9.90 Å². The van der Waals surface area contributed by atoms with Crippen molar-refractivity contribution in [2.24, 2.45) is 0 Å². The summed E-state index contributed by atoms with van der Waals surface area (Å²) in [6.45, 7) is 0. The Morgan fingerprint density at radius 1 is 1.15 bits per heavy atom. The highest BCUT2D eigenvalue weighted by molar-refractivity contribution is 7.98. The van der Waals surface area contributed by atoms with Crippen molar-refractivity contribution in [3.05, 3.63) is 60.2 Å². The number of carboxylic acids is 1. The number of fused-ring (bicyclic) bond motifs is 1. The number of carboxylic acid groups (broad SMARTS) is 1. The van der Waals surface area contributed by atoms with Crippen molar-refractivity contribution in [3.63, 3.8) is 0 Å². The number of aromatic carboxylic acids is 1. The van der Waals surface area contributed by atoms with E-state index in [0.717, 1.165) is 15.8 Å². The summed E-state index contributed by atoms with van der Waals surface area (Å²) in [5.41, 5.74) is 9.61. The summed E-state index contributed by atoms with van der Waals surface area (Å²) in [6, 6.07) is 16.6. The number of benzene rings is 2. The van der Waals surface area contributed by atoms with E-state index >= 15 is 0 Å². The highest BCUT2D eigenvalue weighted by Crippen LogP contribution is 2.34. The summed E-state index contributed by atoms with van der Waals surface area (Å²) < 4.78 is 0. The van der Waals surface area contributed by atoms with E-state index in [-0.39, 0.29) is 5.56 Å². The molecule has 2 aromatic carbocycles. The van der Waals surface area contributed by atoms with Crippen LogP contribution in [0.15, 0.2) is 59.5 Å². The third-order valence-electron chi connectivity index (χ3n) is 4.37. The molecule has 0 spiro atoms. The highest BCUT2D eigenvalue weighted by atomic mass is 32.2. The summed E-state index contributed by atoms with van der Waals surface area (Å²) in [5.74, 6) is -0.637. The van der Waals surface area contributed by atoms with Gasteiger partial charge >= 0.3 is 5.97 Å². The summed E-state index contributed by atoms with van der Waals surface area (Å²) in [6.07, 6.45) is 2.02. The Bertz CT molecular complexity index is 1150. The van der Waals surface area contributed by atoms with Crippen LogP contribution >= 0.6 is 11.8 Å². The second-order valence-electron chi connectivity index (χ2n) is 5.97. The standard InChI is InChI=1S/C20H16N4O2S/c1-27-12-8-6-11(7-9-12)18-17-16(23-24-19(17)21)10-15(22-18)13-4-2-3-5-14(13)20(25)26/h2-10H,1H3,(H,25,26)(H3,21,23,24). The molecule has 0 aliphatic heterocycles. The fourth-order valence-electron chi connectivity index (χ4n) is 3.06. The van der Waals surface area contributed by atoms with Gasteiger partial charge in [-0.15, -0.1) is 11.8 Å². The molecule has 4 N–H and O–H groups in total. The number of aromatic amines is 1. The SMILES string of the molecule is CSc1ccc(-c2nc(-c3ccccc3C(=O)O)cc3[nH]nc(N)c23)cc1. The molecule has 0 saturated carbocycles. The van der Waals surface area contributed by atoms with Gasteiger partial charge in [0.05, 0.1) is 27.9 Å². The number of nitrogens with zero attached hydrogens (tertiary/aromatic N) is 2. The van der Waals surface area contributed by atoms with Crippen molar-refractivity contribution in [3.8, 4) is 22.5 Å². The molecule has 0 aliphatic carbocycles. The minimum Gasteiger partial charge on any atom is -0.478 e. The second-order valence-corrected chi connectivity index (χ2v) is 6.85. The van der Waals surface area contributed by atoms with Gasteiger partial charge in [-0.3, -0.25) is 5.10 Å². The van der Waals surface area contributed by atoms with Crippen molar-refractivity contribution in [2.45, 2.75) is 4.90 Å². The Kier molecular flexibility index (Phi) is 4.29. The number of nitrogens with two attached hydrogens (primary N) is 1. The first-order valence-corrected chi connectivity index (χ1v) is 9.42. The quantitative estimate of drug-likeness (QED) is 0.459. The summed E-state index contributed by atoms with van der Waals surface area (Å²) >= 11 is 1.66. The van der Waals surface area contributed by atoms with Crippen LogP contribution in [0.1, 0.15) is 10.4 Å². The first-order valence-electron chi connectivity index (χ1n) is 8.20. The lowest BCUT2D eigenvalue weighted by Gasteiger charge is -2.10. The number of hydrogen-bond donors (Lipinski definition) is 3. The lowest BCUT2D eigenvalue weighted by molar-refractivity contribution is 0.0697. The molecular weight excluding hydrogens is 360 g/mol. The highest BCUT2D eigenvalue weighted by Gasteiger charge is 2.18. The molecule has 4 aromatic rings. The fourth-order valence-corrected chi connectivity index (χ4v) is 3.47. The fraction of sp³-hybridized carbons (Fsp3) is 0.0500. The number of carbonyl (C=O) groups is 1. The number of thioether (sulfide) groups is 1. The van der Waals surface area contributed by atoms with Gasteiger partial charge in [0.2, 0.25) is 0 Å². The number of nitrogen functional groups attached to an aromatic ring is 1. The van der Waals surface area contributed by atoms with Crippen LogP contribution in [0, 0.1) is 0 Å². The number of aromatic nitrogens is 3. The predicted octanol–water partition coefficient (Wildman–Crippen LogP) is 4.29. The number of nitrogens with one attached hydrogen (secondary N) is 1. The number of pyridine rings is 1. The molecule has 0 amide bonds. The van der Waals surface area contributed by atoms with Gasteiger partial charge in [-0.25, -0.2) is 9.78 Å². The third kappa shape index (κ3) is 3.02. The minimum atomic E-state index is -0.998. The Labute approximate surface area is 159 Å². The molecule has 6 nitrogen and oxygen atoms in total. The van der Waals surface area contributed by atoms with Crippen LogP contribution in [0.25, 0.3) is 33.4 Å². The monoisotopic (exact) mass is 376 g/mol. The van der Waals surface area contributed by atoms with E-state index in [0.29, 0.717) is 28.3 Å². The van der Waals surface area contributed by atoms with Gasteiger partial charge in [-0.05, 0) is 30.5 Å². The van der Waals surface area contributed by atoms with Crippen molar-refractivity contribution in [1.29, 1.82) is 0 Å². The van der Waals surface area contributed by atoms with E-state index in [4.69, 9.17) is 10.7 Å². The Morgan fingerprint density at radius 2 is 1.89 bits per heavy atom. The molecule has 0 saturated heterocycles.